The maximum absolute atomic E-state index is 11.3. The lowest BCUT2D eigenvalue weighted by Gasteiger charge is -2.20. The second-order valence-corrected chi connectivity index (χ2v) is 5.63. The van der Waals surface area contributed by atoms with E-state index in [9.17, 15) is 4.79 Å². The molecule has 1 aliphatic heterocycles. The van der Waals surface area contributed by atoms with Crippen molar-refractivity contribution in [1.82, 2.24) is 0 Å². The summed E-state index contributed by atoms with van der Waals surface area (Å²) in [5.41, 5.74) is 1.91. The number of carbonyl (C=O) groups is 1. The molecule has 1 aromatic rings. The smallest absolute Gasteiger partial charge is 0.159 e. The van der Waals surface area contributed by atoms with E-state index in [1.807, 2.05) is 18.2 Å². The zero-order valence-electron chi connectivity index (χ0n) is 10.8. The Balaban J connectivity index is 2.12. The zero-order valence-corrected chi connectivity index (χ0v) is 12.4. The van der Waals surface area contributed by atoms with Gasteiger partial charge in [-0.05, 0) is 47.5 Å². The number of ether oxygens (including phenoxy) is 1. The number of ketones is 1. The van der Waals surface area contributed by atoms with Crippen LogP contribution < -0.4 is 4.90 Å². The van der Waals surface area contributed by atoms with E-state index in [0.717, 1.165) is 36.2 Å². The summed E-state index contributed by atoms with van der Waals surface area (Å²) in [5, 5.41) is 0. The third kappa shape index (κ3) is 2.93. The molecule has 18 heavy (non-hydrogen) atoms. The molecule has 0 aliphatic carbocycles. The van der Waals surface area contributed by atoms with Crippen molar-refractivity contribution in [1.29, 1.82) is 0 Å². The number of hydrogen-bond acceptors (Lipinski definition) is 3. The van der Waals surface area contributed by atoms with Crippen LogP contribution >= 0.6 is 15.9 Å². The third-order valence-electron chi connectivity index (χ3n) is 3.38. The van der Waals surface area contributed by atoms with Gasteiger partial charge in [-0.15, -0.1) is 0 Å². The molecule has 1 atom stereocenters. The third-order valence-corrected chi connectivity index (χ3v) is 4.02. The standard InChI is InChI=1S/C14H18BrNO2/c1-10(17)12-3-4-14(13(15)7-12)16-6-5-11(8-16)9-18-2/h3-4,7,11H,5-6,8-9H2,1-2H3. The van der Waals surface area contributed by atoms with Crippen molar-refractivity contribution < 1.29 is 9.53 Å². The normalized spacial score (nSPS) is 19.3. The van der Waals surface area contributed by atoms with Gasteiger partial charge in [0.2, 0.25) is 0 Å². The van der Waals surface area contributed by atoms with E-state index < -0.39 is 0 Å². The van der Waals surface area contributed by atoms with E-state index in [1.165, 1.54) is 5.69 Å². The molecule has 1 unspecified atom stereocenters. The first-order valence-corrected chi connectivity index (χ1v) is 6.95. The number of carbonyl (C=O) groups excluding carboxylic acids is 1. The van der Waals surface area contributed by atoms with Crippen LogP contribution in [0.5, 0.6) is 0 Å². The Morgan fingerprint density at radius 1 is 1.56 bits per heavy atom. The lowest BCUT2D eigenvalue weighted by atomic mass is 10.1. The quantitative estimate of drug-likeness (QED) is 0.800. The molecule has 1 saturated heterocycles. The highest BCUT2D eigenvalue weighted by Crippen LogP contribution is 2.31. The minimum absolute atomic E-state index is 0.0981. The number of methoxy groups -OCH3 is 1. The summed E-state index contributed by atoms with van der Waals surface area (Å²) in [6.07, 6.45) is 1.16. The van der Waals surface area contributed by atoms with Gasteiger partial charge in [0, 0.05) is 36.2 Å². The van der Waals surface area contributed by atoms with E-state index >= 15 is 0 Å². The zero-order chi connectivity index (χ0) is 13.1. The van der Waals surface area contributed by atoms with Crippen LogP contribution in [0.25, 0.3) is 0 Å². The highest BCUT2D eigenvalue weighted by atomic mass is 79.9. The Morgan fingerprint density at radius 2 is 2.33 bits per heavy atom. The fourth-order valence-corrected chi connectivity index (χ4v) is 3.04. The van der Waals surface area contributed by atoms with Gasteiger partial charge in [0.05, 0.1) is 12.3 Å². The van der Waals surface area contributed by atoms with Crippen molar-refractivity contribution in [3.63, 3.8) is 0 Å². The van der Waals surface area contributed by atoms with Crippen LogP contribution in [0.3, 0.4) is 0 Å². The molecule has 2 rings (SSSR count). The molecule has 1 fully saturated rings. The lowest BCUT2D eigenvalue weighted by Crippen LogP contribution is -2.21. The molecule has 0 saturated carbocycles. The Labute approximate surface area is 116 Å². The number of nitrogens with zero attached hydrogens (tertiary/aromatic N) is 1. The lowest BCUT2D eigenvalue weighted by molar-refractivity contribution is 0.101. The molecular formula is C14H18BrNO2. The molecule has 0 amide bonds. The topological polar surface area (TPSA) is 29.5 Å². The summed E-state index contributed by atoms with van der Waals surface area (Å²) in [5.74, 6) is 0.704. The number of benzene rings is 1. The van der Waals surface area contributed by atoms with Crippen LogP contribution in [-0.4, -0.2) is 32.6 Å². The number of hydrogen-bond donors (Lipinski definition) is 0. The van der Waals surface area contributed by atoms with E-state index in [0.29, 0.717) is 5.92 Å². The van der Waals surface area contributed by atoms with E-state index in [4.69, 9.17) is 4.74 Å². The Hall–Kier alpha value is -0.870. The first-order valence-electron chi connectivity index (χ1n) is 6.16. The van der Waals surface area contributed by atoms with Crippen molar-refractivity contribution in [2.45, 2.75) is 13.3 Å². The molecule has 1 aromatic carbocycles. The van der Waals surface area contributed by atoms with Crippen molar-refractivity contribution in [2.24, 2.45) is 5.92 Å². The molecule has 0 aromatic heterocycles. The van der Waals surface area contributed by atoms with Crippen LogP contribution in [0.2, 0.25) is 0 Å². The first kappa shape index (κ1) is 13.6. The predicted octanol–water partition coefficient (Wildman–Crippen LogP) is 3.12. The summed E-state index contributed by atoms with van der Waals surface area (Å²) in [4.78, 5) is 13.7. The Kier molecular flexibility index (Phi) is 4.40. The van der Waals surface area contributed by atoms with Crippen molar-refractivity contribution in [3.8, 4) is 0 Å². The molecule has 3 nitrogen and oxygen atoms in total. The molecule has 0 spiro atoms. The molecule has 1 aliphatic rings. The van der Waals surface area contributed by atoms with Crippen molar-refractivity contribution in [3.05, 3.63) is 28.2 Å². The molecular weight excluding hydrogens is 294 g/mol. The summed E-state index contributed by atoms with van der Waals surface area (Å²) < 4.78 is 6.20. The Morgan fingerprint density at radius 3 is 2.94 bits per heavy atom. The van der Waals surface area contributed by atoms with Gasteiger partial charge in [0.1, 0.15) is 0 Å². The average molecular weight is 312 g/mol. The average Bonchev–Trinajstić information content (AvgIpc) is 2.77. The van der Waals surface area contributed by atoms with E-state index in [-0.39, 0.29) is 5.78 Å². The van der Waals surface area contributed by atoms with E-state index in [1.54, 1.807) is 14.0 Å². The molecule has 0 radical (unpaired) electrons. The highest BCUT2D eigenvalue weighted by molar-refractivity contribution is 9.10. The monoisotopic (exact) mass is 311 g/mol. The SMILES string of the molecule is COCC1CCN(c2ccc(C(C)=O)cc2Br)C1. The van der Waals surface area contributed by atoms with Crippen LogP contribution in [-0.2, 0) is 4.74 Å². The second kappa shape index (κ2) is 5.85. The molecule has 4 heteroatoms. The number of halogens is 1. The van der Waals surface area contributed by atoms with Crippen LogP contribution in [0.4, 0.5) is 5.69 Å². The van der Waals surface area contributed by atoms with Crippen molar-refractivity contribution >= 4 is 27.4 Å². The molecule has 98 valence electrons. The van der Waals surface area contributed by atoms with Gasteiger partial charge in [-0.25, -0.2) is 0 Å². The molecule has 0 N–H and O–H groups in total. The number of Topliss-reactive ketones (excluding diaryl/α,β-unsaturated/α-hetero) is 1. The maximum Gasteiger partial charge on any atom is 0.159 e. The van der Waals surface area contributed by atoms with Crippen LogP contribution in [0.15, 0.2) is 22.7 Å². The van der Waals surface area contributed by atoms with E-state index in [2.05, 4.69) is 20.8 Å². The second-order valence-electron chi connectivity index (χ2n) is 4.78. The van der Waals surface area contributed by atoms with Crippen molar-refractivity contribution in [2.75, 3.05) is 31.7 Å². The number of rotatable bonds is 4. The van der Waals surface area contributed by atoms with Crippen LogP contribution in [0.1, 0.15) is 23.7 Å². The first-order chi connectivity index (χ1) is 8.61. The summed E-state index contributed by atoms with van der Waals surface area (Å²) in [6.45, 7) is 4.48. The summed E-state index contributed by atoms with van der Waals surface area (Å²) >= 11 is 3.56. The van der Waals surface area contributed by atoms with Gasteiger partial charge in [-0.1, -0.05) is 0 Å². The molecule has 0 bridgehead atoms. The largest absolute Gasteiger partial charge is 0.384 e. The Bertz CT molecular complexity index is 447. The molecule has 1 heterocycles. The van der Waals surface area contributed by atoms with Gasteiger partial charge < -0.3 is 9.64 Å². The highest BCUT2D eigenvalue weighted by Gasteiger charge is 2.23. The van der Waals surface area contributed by atoms with Gasteiger partial charge in [0.15, 0.2) is 5.78 Å². The summed E-state index contributed by atoms with van der Waals surface area (Å²) in [7, 11) is 1.75. The predicted molar refractivity (Wildman–Crippen MR) is 76.3 cm³/mol. The minimum Gasteiger partial charge on any atom is -0.384 e. The van der Waals surface area contributed by atoms with Gasteiger partial charge >= 0.3 is 0 Å². The fraction of sp³-hybridized carbons (Fsp3) is 0.500. The van der Waals surface area contributed by atoms with Gasteiger partial charge in [-0.3, -0.25) is 4.79 Å². The van der Waals surface area contributed by atoms with Crippen LogP contribution in [0, 0.1) is 5.92 Å². The number of anilines is 1. The van der Waals surface area contributed by atoms with Gasteiger partial charge in [0.25, 0.3) is 0 Å². The maximum atomic E-state index is 11.3. The minimum atomic E-state index is 0.0981. The summed E-state index contributed by atoms with van der Waals surface area (Å²) in [6, 6.07) is 5.82. The fourth-order valence-electron chi connectivity index (χ4n) is 2.41. The van der Waals surface area contributed by atoms with Gasteiger partial charge in [-0.2, -0.15) is 0 Å².